The molecule has 0 bridgehead atoms. The predicted octanol–water partition coefficient (Wildman–Crippen LogP) is 0.485. The van der Waals surface area contributed by atoms with E-state index in [4.69, 9.17) is 9.79 Å². The van der Waals surface area contributed by atoms with Crippen molar-refractivity contribution in [1.82, 2.24) is 4.98 Å². The molecule has 7 heteroatoms. The van der Waals surface area contributed by atoms with Gasteiger partial charge in [0.05, 0.1) is 0 Å². The SMILES string of the molecule is O=P(O)(O)OOc1ccccn1. The van der Waals surface area contributed by atoms with E-state index in [1.807, 2.05) is 0 Å². The lowest BCUT2D eigenvalue weighted by molar-refractivity contribution is -0.126. The lowest BCUT2D eigenvalue weighted by Gasteiger charge is -2.02. The molecule has 0 aliphatic heterocycles. The summed E-state index contributed by atoms with van der Waals surface area (Å²) in [5, 5.41) is 0. The number of rotatable bonds is 3. The maximum atomic E-state index is 10.1. The van der Waals surface area contributed by atoms with Gasteiger partial charge >= 0.3 is 7.82 Å². The van der Waals surface area contributed by atoms with Crippen LogP contribution in [-0.2, 0) is 9.24 Å². The summed E-state index contributed by atoms with van der Waals surface area (Å²) in [4.78, 5) is 24.2. The fourth-order valence-electron chi connectivity index (χ4n) is 0.483. The third-order valence-electron chi connectivity index (χ3n) is 0.857. The molecule has 0 aliphatic rings. The zero-order valence-electron chi connectivity index (χ0n) is 5.82. The lowest BCUT2D eigenvalue weighted by Crippen LogP contribution is -1.95. The summed E-state index contributed by atoms with van der Waals surface area (Å²) in [5.74, 6) is -0.0131. The summed E-state index contributed by atoms with van der Waals surface area (Å²) in [7, 11) is -4.59. The fourth-order valence-corrected chi connectivity index (χ4v) is 0.657. The van der Waals surface area contributed by atoms with E-state index >= 15 is 0 Å². The minimum absolute atomic E-state index is 0.0131. The molecule has 1 aromatic heterocycles. The number of aromatic nitrogens is 1. The van der Waals surface area contributed by atoms with E-state index in [1.54, 1.807) is 12.1 Å². The Kier molecular flexibility index (Phi) is 2.78. The fraction of sp³-hybridized carbons (Fsp3) is 0. The van der Waals surface area contributed by atoms with Crippen LogP contribution in [0.4, 0.5) is 0 Å². The third-order valence-corrected chi connectivity index (χ3v) is 1.13. The van der Waals surface area contributed by atoms with Crippen LogP contribution in [0, 0.1) is 0 Å². The third kappa shape index (κ3) is 3.45. The summed E-state index contributed by atoms with van der Waals surface area (Å²) >= 11 is 0. The van der Waals surface area contributed by atoms with E-state index in [0.29, 0.717) is 0 Å². The van der Waals surface area contributed by atoms with Crippen LogP contribution in [0.15, 0.2) is 24.4 Å². The minimum atomic E-state index is -4.59. The monoisotopic (exact) mass is 191 g/mol. The molecular formula is C5H6NO5P. The predicted molar refractivity (Wildman–Crippen MR) is 38.0 cm³/mol. The average molecular weight is 191 g/mol. The average Bonchev–Trinajstić information content (AvgIpc) is 2.02. The van der Waals surface area contributed by atoms with Crippen molar-refractivity contribution in [3.63, 3.8) is 0 Å². The molecule has 0 spiro atoms. The normalized spacial score (nSPS) is 11.2. The molecule has 0 saturated carbocycles. The van der Waals surface area contributed by atoms with Gasteiger partial charge in [0.1, 0.15) is 0 Å². The number of pyridine rings is 1. The van der Waals surface area contributed by atoms with Gasteiger partial charge in [0.2, 0.25) is 0 Å². The van der Waals surface area contributed by atoms with Crippen LogP contribution in [-0.4, -0.2) is 14.8 Å². The lowest BCUT2D eigenvalue weighted by atomic mass is 10.5. The minimum Gasteiger partial charge on any atom is -0.306 e. The van der Waals surface area contributed by atoms with Crippen LogP contribution < -0.4 is 4.89 Å². The maximum absolute atomic E-state index is 10.1. The van der Waals surface area contributed by atoms with Gasteiger partial charge in [-0.3, -0.25) is 0 Å². The topological polar surface area (TPSA) is 88.9 Å². The molecule has 0 fully saturated rings. The Balaban J connectivity index is 2.50. The highest BCUT2D eigenvalue weighted by Crippen LogP contribution is 2.35. The van der Waals surface area contributed by atoms with Crippen molar-refractivity contribution in [3.05, 3.63) is 24.4 Å². The van der Waals surface area contributed by atoms with Gasteiger partial charge in [0.15, 0.2) is 0 Å². The van der Waals surface area contributed by atoms with E-state index in [9.17, 15) is 4.57 Å². The molecule has 0 saturated heterocycles. The quantitative estimate of drug-likeness (QED) is 0.410. The molecular weight excluding hydrogens is 185 g/mol. The van der Waals surface area contributed by atoms with Crippen molar-refractivity contribution in [2.24, 2.45) is 0 Å². The number of nitrogens with zero attached hydrogens (tertiary/aromatic N) is 1. The van der Waals surface area contributed by atoms with Gasteiger partial charge in [0, 0.05) is 12.3 Å². The Morgan fingerprint density at radius 3 is 2.67 bits per heavy atom. The molecule has 0 aliphatic carbocycles. The summed E-state index contributed by atoms with van der Waals surface area (Å²) in [6, 6.07) is 4.62. The smallest absolute Gasteiger partial charge is 0.306 e. The zero-order chi connectivity index (χ0) is 9.03. The molecule has 0 aromatic carbocycles. The first-order chi connectivity index (χ1) is 5.58. The van der Waals surface area contributed by atoms with Crippen LogP contribution >= 0.6 is 7.82 Å². The van der Waals surface area contributed by atoms with Crippen LogP contribution in [0.2, 0.25) is 0 Å². The van der Waals surface area contributed by atoms with Crippen molar-refractivity contribution in [1.29, 1.82) is 0 Å². The Morgan fingerprint density at radius 2 is 2.17 bits per heavy atom. The Hall–Kier alpha value is -0.940. The number of phosphoric acid groups is 1. The van der Waals surface area contributed by atoms with Crippen molar-refractivity contribution in [2.45, 2.75) is 0 Å². The largest absolute Gasteiger partial charge is 0.505 e. The molecule has 0 unspecified atom stereocenters. The Bertz CT molecular complexity index is 283. The zero-order valence-corrected chi connectivity index (χ0v) is 6.72. The van der Waals surface area contributed by atoms with Gasteiger partial charge in [-0.05, 0) is 6.07 Å². The summed E-state index contributed by atoms with van der Waals surface area (Å²) in [6.07, 6.45) is 1.40. The van der Waals surface area contributed by atoms with Crippen molar-refractivity contribution in [3.8, 4) is 5.88 Å². The van der Waals surface area contributed by atoms with Crippen molar-refractivity contribution >= 4 is 7.82 Å². The molecule has 2 N–H and O–H groups in total. The molecule has 1 heterocycles. The van der Waals surface area contributed by atoms with Crippen LogP contribution in [0.3, 0.4) is 0 Å². The van der Waals surface area contributed by atoms with Gasteiger partial charge in [-0.1, -0.05) is 10.7 Å². The molecule has 1 aromatic rings. The van der Waals surface area contributed by atoms with E-state index in [1.165, 1.54) is 12.3 Å². The summed E-state index contributed by atoms with van der Waals surface area (Å²) < 4.78 is 13.8. The highest BCUT2D eigenvalue weighted by Gasteiger charge is 2.16. The molecule has 6 nitrogen and oxygen atoms in total. The van der Waals surface area contributed by atoms with E-state index < -0.39 is 7.82 Å². The molecule has 0 radical (unpaired) electrons. The molecule has 0 amide bonds. The standard InChI is InChI=1S/C5H6NO5P/c7-12(8,9)11-10-5-3-1-2-4-6-5/h1-4H,(H2,7,8,9). The van der Waals surface area contributed by atoms with Crippen LogP contribution in [0.25, 0.3) is 0 Å². The van der Waals surface area contributed by atoms with Gasteiger partial charge in [0.25, 0.3) is 5.88 Å². The first-order valence-corrected chi connectivity index (χ1v) is 4.44. The van der Waals surface area contributed by atoms with Crippen LogP contribution in [0.1, 0.15) is 0 Å². The first-order valence-electron chi connectivity index (χ1n) is 2.91. The molecule has 12 heavy (non-hydrogen) atoms. The summed E-state index contributed by atoms with van der Waals surface area (Å²) in [5.41, 5.74) is 0. The Morgan fingerprint density at radius 1 is 1.42 bits per heavy atom. The van der Waals surface area contributed by atoms with E-state index in [0.717, 1.165) is 0 Å². The van der Waals surface area contributed by atoms with Crippen molar-refractivity contribution < 1.29 is 23.9 Å². The molecule has 66 valence electrons. The summed E-state index contributed by atoms with van der Waals surface area (Å²) in [6.45, 7) is 0. The first kappa shape index (κ1) is 9.15. The van der Waals surface area contributed by atoms with Gasteiger partial charge in [-0.2, -0.15) is 0 Å². The molecule has 0 atom stereocenters. The van der Waals surface area contributed by atoms with E-state index in [-0.39, 0.29) is 5.88 Å². The van der Waals surface area contributed by atoms with Crippen molar-refractivity contribution in [2.75, 3.05) is 0 Å². The molecule has 1 rings (SSSR count). The van der Waals surface area contributed by atoms with Gasteiger partial charge in [-0.15, -0.1) is 0 Å². The van der Waals surface area contributed by atoms with Crippen LogP contribution in [0.5, 0.6) is 5.88 Å². The van der Waals surface area contributed by atoms with Gasteiger partial charge in [-0.25, -0.2) is 9.55 Å². The van der Waals surface area contributed by atoms with E-state index in [2.05, 4.69) is 14.5 Å². The number of hydrogen-bond acceptors (Lipinski definition) is 4. The second-order valence-electron chi connectivity index (χ2n) is 1.82. The second-order valence-corrected chi connectivity index (χ2v) is 2.95. The van der Waals surface area contributed by atoms with Gasteiger partial charge < -0.3 is 14.7 Å². The highest BCUT2D eigenvalue weighted by molar-refractivity contribution is 7.46. The maximum Gasteiger partial charge on any atom is 0.505 e. The Labute approximate surface area is 67.9 Å². The second kappa shape index (κ2) is 3.64. The highest BCUT2D eigenvalue weighted by atomic mass is 31.2. The number of hydrogen-bond donors (Lipinski definition) is 2.